The van der Waals surface area contributed by atoms with E-state index in [-0.39, 0.29) is 5.91 Å². The van der Waals surface area contributed by atoms with E-state index >= 15 is 0 Å². The SMILES string of the molecule is COc1ccc(C)cc1CCNC(=O)CNCC1CC1. The minimum atomic E-state index is 0.0669. The average molecular weight is 276 g/mol. The van der Waals surface area contributed by atoms with Gasteiger partial charge in [-0.1, -0.05) is 17.7 Å². The predicted molar refractivity (Wildman–Crippen MR) is 80.0 cm³/mol. The number of carbonyl (C=O) groups is 1. The highest BCUT2D eigenvalue weighted by atomic mass is 16.5. The summed E-state index contributed by atoms with van der Waals surface area (Å²) in [7, 11) is 1.68. The van der Waals surface area contributed by atoms with Crippen LogP contribution in [0.3, 0.4) is 0 Å². The van der Waals surface area contributed by atoms with Crippen LogP contribution in [0.15, 0.2) is 18.2 Å². The maximum Gasteiger partial charge on any atom is 0.233 e. The summed E-state index contributed by atoms with van der Waals surface area (Å²) in [6.45, 7) is 4.09. The number of benzene rings is 1. The largest absolute Gasteiger partial charge is 0.496 e. The molecule has 0 heterocycles. The zero-order valence-electron chi connectivity index (χ0n) is 12.4. The number of carbonyl (C=O) groups excluding carboxylic acids is 1. The third-order valence-corrected chi connectivity index (χ3v) is 3.57. The van der Waals surface area contributed by atoms with Crippen molar-refractivity contribution < 1.29 is 9.53 Å². The zero-order valence-corrected chi connectivity index (χ0v) is 12.4. The van der Waals surface area contributed by atoms with Gasteiger partial charge in [0.05, 0.1) is 13.7 Å². The normalized spacial score (nSPS) is 14.1. The molecule has 4 heteroatoms. The molecule has 1 aliphatic carbocycles. The second kappa shape index (κ2) is 7.29. The summed E-state index contributed by atoms with van der Waals surface area (Å²) >= 11 is 0. The molecule has 2 N–H and O–H groups in total. The van der Waals surface area contributed by atoms with E-state index in [0.29, 0.717) is 13.1 Å². The van der Waals surface area contributed by atoms with Crippen LogP contribution in [0.5, 0.6) is 5.75 Å². The van der Waals surface area contributed by atoms with Crippen LogP contribution in [0.25, 0.3) is 0 Å². The van der Waals surface area contributed by atoms with Crippen molar-refractivity contribution in [3.63, 3.8) is 0 Å². The number of amides is 1. The van der Waals surface area contributed by atoms with Crippen molar-refractivity contribution in [2.75, 3.05) is 26.7 Å². The van der Waals surface area contributed by atoms with Crippen molar-refractivity contribution in [1.82, 2.24) is 10.6 Å². The Morgan fingerprint density at radius 3 is 2.90 bits per heavy atom. The van der Waals surface area contributed by atoms with E-state index in [1.807, 2.05) is 12.1 Å². The van der Waals surface area contributed by atoms with Crippen LogP contribution in [-0.2, 0) is 11.2 Å². The highest BCUT2D eigenvalue weighted by Crippen LogP contribution is 2.27. The molecular weight excluding hydrogens is 252 g/mol. The Morgan fingerprint density at radius 1 is 1.40 bits per heavy atom. The van der Waals surface area contributed by atoms with Gasteiger partial charge in [-0.05, 0) is 50.3 Å². The van der Waals surface area contributed by atoms with Gasteiger partial charge in [-0.15, -0.1) is 0 Å². The van der Waals surface area contributed by atoms with Crippen LogP contribution in [0.4, 0.5) is 0 Å². The van der Waals surface area contributed by atoms with Crippen molar-refractivity contribution in [3.8, 4) is 5.75 Å². The third kappa shape index (κ3) is 4.85. The van der Waals surface area contributed by atoms with Crippen molar-refractivity contribution in [1.29, 1.82) is 0 Å². The van der Waals surface area contributed by atoms with Crippen LogP contribution in [0.1, 0.15) is 24.0 Å². The fraction of sp³-hybridized carbons (Fsp3) is 0.562. The summed E-state index contributed by atoms with van der Waals surface area (Å²) in [6.07, 6.45) is 3.41. The minimum Gasteiger partial charge on any atom is -0.496 e. The Bertz CT molecular complexity index is 456. The first kappa shape index (κ1) is 14.9. The zero-order chi connectivity index (χ0) is 14.4. The van der Waals surface area contributed by atoms with Crippen molar-refractivity contribution in [2.24, 2.45) is 5.92 Å². The molecule has 1 saturated carbocycles. The maximum atomic E-state index is 11.7. The second-order valence-corrected chi connectivity index (χ2v) is 5.49. The average Bonchev–Trinajstić information content (AvgIpc) is 3.23. The number of ether oxygens (including phenoxy) is 1. The Hall–Kier alpha value is -1.55. The smallest absolute Gasteiger partial charge is 0.233 e. The lowest BCUT2D eigenvalue weighted by Gasteiger charge is -2.10. The Labute approximate surface area is 120 Å². The van der Waals surface area contributed by atoms with Gasteiger partial charge in [0.1, 0.15) is 5.75 Å². The topological polar surface area (TPSA) is 50.4 Å². The molecule has 1 amide bonds. The number of hydrogen-bond acceptors (Lipinski definition) is 3. The fourth-order valence-corrected chi connectivity index (χ4v) is 2.21. The Kier molecular flexibility index (Phi) is 5.41. The van der Waals surface area contributed by atoms with Gasteiger partial charge in [0.2, 0.25) is 5.91 Å². The Morgan fingerprint density at radius 2 is 2.20 bits per heavy atom. The van der Waals surface area contributed by atoms with Crippen LogP contribution in [0, 0.1) is 12.8 Å². The molecule has 110 valence electrons. The van der Waals surface area contributed by atoms with Gasteiger partial charge in [0, 0.05) is 6.54 Å². The Balaban J connectivity index is 1.68. The van der Waals surface area contributed by atoms with E-state index in [0.717, 1.165) is 30.2 Å². The molecular formula is C16H24N2O2. The number of rotatable bonds is 8. The first-order chi connectivity index (χ1) is 9.69. The molecule has 1 aromatic rings. The molecule has 0 aromatic heterocycles. The number of methoxy groups -OCH3 is 1. The van der Waals surface area contributed by atoms with E-state index in [9.17, 15) is 4.79 Å². The third-order valence-electron chi connectivity index (χ3n) is 3.57. The molecule has 0 aliphatic heterocycles. The van der Waals surface area contributed by atoms with Crippen molar-refractivity contribution in [3.05, 3.63) is 29.3 Å². The summed E-state index contributed by atoms with van der Waals surface area (Å²) < 4.78 is 5.33. The first-order valence-corrected chi connectivity index (χ1v) is 7.30. The van der Waals surface area contributed by atoms with Crippen LogP contribution < -0.4 is 15.4 Å². The second-order valence-electron chi connectivity index (χ2n) is 5.49. The van der Waals surface area contributed by atoms with Gasteiger partial charge in [-0.2, -0.15) is 0 Å². The lowest BCUT2D eigenvalue weighted by Crippen LogP contribution is -2.35. The van der Waals surface area contributed by atoms with Crippen LogP contribution in [-0.4, -0.2) is 32.7 Å². The fourth-order valence-electron chi connectivity index (χ4n) is 2.21. The van der Waals surface area contributed by atoms with E-state index in [4.69, 9.17) is 4.74 Å². The quantitative estimate of drug-likeness (QED) is 0.759. The standard InChI is InChI=1S/C16H24N2O2/c1-12-3-6-15(20-2)14(9-12)7-8-18-16(19)11-17-10-13-4-5-13/h3,6,9,13,17H,4-5,7-8,10-11H2,1-2H3,(H,18,19). The maximum absolute atomic E-state index is 11.7. The summed E-state index contributed by atoms with van der Waals surface area (Å²) in [5, 5.41) is 6.13. The first-order valence-electron chi connectivity index (χ1n) is 7.30. The van der Waals surface area contributed by atoms with E-state index in [2.05, 4.69) is 23.6 Å². The summed E-state index contributed by atoms with van der Waals surface area (Å²) in [5.74, 6) is 1.76. The summed E-state index contributed by atoms with van der Waals surface area (Å²) in [6, 6.07) is 6.11. The van der Waals surface area contributed by atoms with Gasteiger partial charge in [0.25, 0.3) is 0 Å². The summed E-state index contributed by atoms with van der Waals surface area (Å²) in [4.78, 5) is 11.7. The van der Waals surface area contributed by atoms with Crippen molar-refractivity contribution in [2.45, 2.75) is 26.2 Å². The van der Waals surface area contributed by atoms with Gasteiger partial charge in [-0.3, -0.25) is 4.79 Å². The number of hydrogen-bond donors (Lipinski definition) is 2. The molecule has 20 heavy (non-hydrogen) atoms. The number of aryl methyl sites for hydroxylation is 1. The highest BCUT2D eigenvalue weighted by Gasteiger charge is 2.20. The molecule has 1 aliphatic rings. The molecule has 0 spiro atoms. The van der Waals surface area contributed by atoms with Gasteiger partial charge < -0.3 is 15.4 Å². The molecule has 2 rings (SSSR count). The molecule has 0 bridgehead atoms. The molecule has 1 fully saturated rings. The van der Waals surface area contributed by atoms with E-state index in [1.165, 1.54) is 18.4 Å². The predicted octanol–water partition coefficient (Wildman–Crippen LogP) is 1.66. The van der Waals surface area contributed by atoms with E-state index < -0.39 is 0 Å². The molecule has 4 nitrogen and oxygen atoms in total. The summed E-state index contributed by atoms with van der Waals surface area (Å²) in [5.41, 5.74) is 2.34. The lowest BCUT2D eigenvalue weighted by atomic mass is 10.1. The van der Waals surface area contributed by atoms with Gasteiger partial charge in [-0.25, -0.2) is 0 Å². The van der Waals surface area contributed by atoms with Gasteiger partial charge in [0.15, 0.2) is 0 Å². The van der Waals surface area contributed by atoms with E-state index in [1.54, 1.807) is 7.11 Å². The van der Waals surface area contributed by atoms with Crippen LogP contribution in [0.2, 0.25) is 0 Å². The monoisotopic (exact) mass is 276 g/mol. The molecule has 0 saturated heterocycles. The van der Waals surface area contributed by atoms with Gasteiger partial charge >= 0.3 is 0 Å². The molecule has 0 atom stereocenters. The van der Waals surface area contributed by atoms with Crippen LogP contribution >= 0.6 is 0 Å². The minimum absolute atomic E-state index is 0.0669. The molecule has 1 aromatic carbocycles. The highest BCUT2D eigenvalue weighted by molar-refractivity contribution is 5.77. The number of nitrogens with one attached hydrogen (secondary N) is 2. The molecule has 0 radical (unpaired) electrons. The lowest BCUT2D eigenvalue weighted by molar-refractivity contribution is -0.120. The van der Waals surface area contributed by atoms with Crippen molar-refractivity contribution >= 4 is 5.91 Å². The molecule has 0 unspecified atom stereocenters.